The molecule has 4 heteroatoms. The molecule has 0 saturated heterocycles. The van der Waals surface area contributed by atoms with E-state index in [0.717, 1.165) is 0 Å². The quantitative estimate of drug-likeness (QED) is 0.623. The van der Waals surface area contributed by atoms with E-state index in [9.17, 15) is 8.42 Å². The lowest BCUT2D eigenvalue weighted by molar-refractivity contribution is 0.553. The maximum absolute atomic E-state index is 11.0. The first-order valence-electron chi connectivity index (χ1n) is 3.62. The first kappa shape index (κ1) is 8.74. The van der Waals surface area contributed by atoms with E-state index in [0.29, 0.717) is 17.9 Å². The second kappa shape index (κ2) is 2.95. The Kier molecular flexibility index (Phi) is 2.34. The second-order valence-electron chi connectivity index (χ2n) is 2.96. The number of hydrogen-bond acceptors (Lipinski definition) is 3. The minimum Gasteiger partial charge on any atom is -0.310 e. The van der Waals surface area contributed by atoms with Gasteiger partial charge in [0.15, 0.2) is 9.84 Å². The van der Waals surface area contributed by atoms with Gasteiger partial charge in [-0.15, -0.1) is 0 Å². The number of sulfone groups is 1. The largest absolute Gasteiger partial charge is 0.310 e. The van der Waals surface area contributed by atoms with Crippen LogP contribution in [0.15, 0.2) is 11.0 Å². The fourth-order valence-electron chi connectivity index (χ4n) is 1.13. The summed E-state index contributed by atoms with van der Waals surface area (Å²) in [6, 6.07) is 0.282. The second-order valence-corrected chi connectivity index (χ2v) is 5.02. The van der Waals surface area contributed by atoms with Crippen molar-refractivity contribution < 1.29 is 8.42 Å². The van der Waals surface area contributed by atoms with Crippen molar-refractivity contribution in [2.45, 2.75) is 19.4 Å². The number of nitrogens with one attached hydrogen (secondary N) is 1. The Morgan fingerprint density at radius 1 is 1.64 bits per heavy atom. The molecule has 0 amide bonds. The monoisotopic (exact) mass is 175 g/mol. The summed E-state index contributed by atoms with van der Waals surface area (Å²) >= 11 is 0. The summed E-state index contributed by atoms with van der Waals surface area (Å²) < 4.78 is 22.1. The Labute approximate surface area is 67.4 Å². The summed E-state index contributed by atoms with van der Waals surface area (Å²) in [5.41, 5.74) is 0. The van der Waals surface area contributed by atoms with E-state index in [1.54, 1.807) is 6.08 Å². The summed E-state index contributed by atoms with van der Waals surface area (Å²) in [6.07, 6.45) is 3.63. The summed E-state index contributed by atoms with van der Waals surface area (Å²) in [5, 5.41) is 3.14. The molecule has 1 rings (SSSR count). The first-order valence-corrected chi connectivity index (χ1v) is 5.52. The molecule has 1 heterocycles. The van der Waals surface area contributed by atoms with Crippen molar-refractivity contribution in [1.29, 1.82) is 0 Å². The van der Waals surface area contributed by atoms with E-state index in [1.807, 2.05) is 6.92 Å². The minimum atomic E-state index is -2.94. The van der Waals surface area contributed by atoms with E-state index >= 15 is 0 Å². The molecule has 0 aliphatic carbocycles. The maximum Gasteiger partial charge on any atom is 0.171 e. The Bertz CT molecular complexity index is 266. The first-order chi connectivity index (χ1) is 5.00. The molecule has 1 aliphatic rings. The van der Waals surface area contributed by atoms with Crippen LogP contribution in [0.2, 0.25) is 0 Å². The van der Waals surface area contributed by atoms with Gasteiger partial charge in [0.05, 0.1) is 0 Å². The van der Waals surface area contributed by atoms with Crippen LogP contribution < -0.4 is 5.32 Å². The summed E-state index contributed by atoms with van der Waals surface area (Å²) in [5.74, 6) is 0. The molecule has 1 atom stereocenters. The van der Waals surface area contributed by atoms with Crippen LogP contribution >= 0.6 is 0 Å². The van der Waals surface area contributed by atoms with Crippen molar-refractivity contribution in [1.82, 2.24) is 5.32 Å². The standard InChI is InChI=1S/C7H13NO2S/c1-6-5-7(3-4-8-6)11(2,9)10/h3,6,8H,4-5H2,1-2H3. The van der Waals surface area contributed by atoms with Gasteiger partial charge in [-0.05, 0) is 13.3 Å². The molecule has 0 aromatic heterocycles. The Morgan fingerprint density at radius 2 is 2.27 bits per heavy atom. The van der Waals surface area contributed by atoms with Gasteiger partial charge < -0.3 is 5.32 Å². The van der Waals surface area contributed by atoms with Gasteiger partial charge in [0.25, 0.3) is 0 Å². The number of hydrogen-bond donors (Lipinski definition) is 1. The highest BCUT2D eigenvalue weighted by atomic mass is 32.2. The zero-order chi connectivity index (χ0) is 8.48. The summed E-state index contributed by atoms with van der Waals surface area (Å²) in [6.45, 7) is 2.65. The average Bonchev–Trinajstić information content (AvgIpc) is 1.86. The summed E-state index contributed by atoms with van der Waals surface area (Å²) in [7, 11) is -2.94. The molecular weight excluding hydrogens is 162 g/mol. The van der Waals surface area contributed by atoms with Crippen LogP contribution in [0.5, 0.6) is 0 Å². The van der Waals surface area contributed by atoms with Crippen LogP contribution in [0.4, 0.5) is 0 Å². The molecule has 3 nitrogen and oxygen atoms in total. The van der Waals surface area contributed by atoms with Gasteiger partial charge in [-0.3, -0.25) is 0 Å². The zero-order valence-corrected chi connectivity index (χ0v) is 7.61. The highest BCUT2D eigenvalue weighted by Crippen LogP contribution is 2.14. The van der Waals surface area contributed by atoms with Crippen LogP contribution in [0, 0.1) is 0 Å². The molecule has 0 aromatic carbocycles. The lowest BCUT2D eigenvalue weighted by Gasteiger charge is -2.19. The smallest absolute Gasteiger partial charge is 0.171 e. The van der Waals surface area contributed by atoms with Gasteiger partial charge in [-0.25, -0.2) is 8.42 Å². The van der Waals surface area contributed by atoms with E-state index in [2.05, 4.69) is 5.32 Å². The van der Waals surface area contributed by atoms with Crippen molar-refractivity contribution in [2.75, 3.05) is 12.8 Å². The molecule has 0 bridgehead atoms. The molecule has 1 unspecified atom stereocenters. The predicted octanol–water partition coefficient (Wildman–Crippen LogP) is 0.297. The average molecular weight is 175 g/mol. The van der Waals surface area contributed by atoms with E-state index in [4.69, 9.17) is 0 Å². The molecular formula is C7H13NO2S. The lowest BCUT2D eigenvalue weighted by Crippen LogP contribution is -2.31. The fraction of sp³-hybridized carbons (Fsp3) is 0.714. The fourth-order valence-corrected chi connectivity index (χ4v) is 2.07. The third-order valence-corrected chi connectivity index (χ3v) is 3.07. The van der Waals surface area contributed by atoms with E-state index in [-0.39, 0.29) is 6.04 Å². The van der Waals surface area contributed by atoms with Crippen molar-refractivity contribution in [3.05, 3.63) is 11.0 Å². The Hall–Kier alpha value is -0.350. The van der Waals surface area contributed by atoms with Gasteiger partial charge in [0.2, 0.25) is 0 Å². The Morgan fingerprint density at radius 3 is 2.64 bits per heavy atom. The van der Waals surface area contributed by atoms with Gasteiger partial charge in [0.1, 0.15) is 0 Å². The zero-order valence-electron chi connectivity index (χ0n) is 6.79. The van der Waals surface area contributed by atoms with E-state index in [1.165, 1.54) is 6.26 Å². The van der Waals surface area contributed by atoms with Crippen molar-refractivity contribution in [2.24, 2.45) is 0 Å². The molecule has 1 aliphatic heterocycles. The summed E-state index contributed by atoms with van der Waals surface area (Å²) in [4.78, 5) is 0.573. The van der Waals surface area contributed by atoms with Crippen molar-refractivity contribution in [3.63, 3.8) is 0 Å². The topological polar surface area (TPSA) is 46.2 Å². The van der Waals surface area contributed by atoms with Gasteiger partial charge >= 0.3 is 0 Å². The van der Waals surface area contributed by atoms with Crippen LogP contribution in [0.25, 0.3) is 0 Å². The van der Waals surface area contributed by atoms with Crippen LogP contribution in [0.3, 0.4) is 0 Å². The highest BCUT2D eigenvalue weighted by Gasteiger charge is 2.17. The third-order valence-electron chi connectivity index (χ3n) is 1.78. The Balaban J connectivity index is 2.82. The van der Waals surface area contributed by atoms with Crippen molar-refractivity contribution >= 4 is 9.84 Å². The third kappa shape index (κ3) is 2.31. The van der Waals surface area contributed by atoms with Gasteiger partial charge in [-0.2, -0.15) is 0 Å². The van der Waals surface area contributed by atoms with Gasteiger partial charge in [0, 0.05) is 23.7 Å². The predicted molar refractivity (Wildman–Crippen MR) is 45.0 cm³/mol. The van der Waals surface area contributed by atoms with E-state index < -0.39 is 9.84 Å². The lowest BCUT2D eigenvalue weighted by atomic mass is 10.2. The van der Waals surface area contributed by atoms with Gasteiger partial charge in [-0.1, -0.05) is 6.08 Å². The van der Waals surface area contributed by atoms with Crippen LogP contribution in [-0.2, 0) is 9.84 Å². The van der Waals surface area contributed by atoms with Crippen molar-refractivity contribution in [3.8, 4) is 0 Å². The SMILES string of the molecule is CC1CC(S(C)(=O)=O)=CCN1. The molecule has 0 aromatic rings. The van der Waals surface area contributed by atoms with Crippen LogP contribution in [-0.4, -0.2) is 27.3 Å². The number of rotatable bonds is 1. The molecule has 11 heavy (non-hydrogen) atoms. The van der Waals surface area contributed by atoms with Crippen LogP contribution in [0.1, 0.15) is 13.3 Å². The molecule has 1 N–H and O–H groups in total. The molecule has 0 saturated carbocycles. The normalized spacial score (nSPS) is 26.4. The minimum absolute atomic E-state index is 0.282. The maximum atomic E-state index is 11.0. The molecule has 0 radical (unpaired) electrons. The molecule has 64 valence electrons. The molecule has 0 fully saturated rings. The molecule has 0 spiro atoms. The highest BCUT2D eigenvalue weighted by molar-refractivity contribution is 7.94.